The van der Waals surface area contributed by atoms with Crippen LogP contribution in [0, 0.1) is 11.6 Å². The van der Waals surface area contributed by atoms with Crippen molar-refractivity contribution in [2.45, 2.75) is 19.5 Å². The molecular formula is C14H19F2N3O2. The van der Waals surface area contributed by atoms with Gasteiger partial charge in [-0.3, -0.25) is 4.79 Å². The van der Waals surface area contributed by atoms with Crippen LogP contribution in [-0.2, 0) is 16.1 Å². The monoisotopic (exact) mass is 299 g/mol. The van der Waals surface area contributed by atoms with Gasteiger partial charge in [0.05, 0.1) is 18.9 Å². The minimum Gasteiger partial charge on any atom is -0.377 e. The number of benzene rings is 1. The summed E-state index contributed by atoms with van der Waals surface area (Å²) < 4.78 is 33.4. The fourth-order valence-corrected chi connectivity index (χ4v) is 2.36. The van der Waals surface area contributed by atoms with Crippen LogP contribution in [0.15, 0.2) is 12.1 Å². The molecule has 116 valence electrons. The van der Waals surface area contributed by atoms with Crippen LogP contribution in [0.1, 0.15) is 12.5 Å². The lowest BCUT2D eigenvalue weighted by Gasteiger charge is -2.36. The number of ether oxygens (including phenoxy) is 1. The number of nitrogens with one attached hydrogen (secondary N) is 1. The highest BCUT2D eigenvalue weighted by molar-refractivity contribution is 5.85. The summed E-state index contributed by atoms with van der Waals surface area (Å²) in [4.78, 5) is 13.6. The topological polar surface area (TPSA) is 67.6 Å². The van der Waals surface area contributed by atoms with Crippen LogP contribution < -0.4 is 16.0 Å². The number of amides is 1. The number of carbonyl (C=O) groups is 1. The van der Waals surface area contributed by atoms with Crippen LogP contribution in [0.25, 0.3) is 0 Å². The fourth-order valence-electron chi connectivity index (χ4n) is 2.36. The zero-order chi connectivity index (χ0) is 15.4. The molecule has 1 atom stereocenters. The van der Waals surface area contributed by atoms with Gasteiger partial charge in [0.2, 0.25) is 5.91 Å². The molecule has 3 N–H and O–H groups in total. The Labute approximate surface area is 122 Å². The van der Waals surface area contributed by atoms with Crippen LogP contribution in [-0.4, -0.2) is 38.3 Å². The number of halogens is 2. The van der Waals surface area contributed by atoms with Crippen molar-refractivity contribution in [3.8, 4) is 0 Å². The summed E-state index contributed by atoms with van der Waals surface area (Å²) in [5, 5.41) is 2.67. The average molecular weight is 299 g/mol. The van der Waals surface area contributed by atoms with Crippen LogP contribution >= 0.6 is 0 Å². The van der Waals surface area contributed by atoms with E-state index >= 15 is 0 Å². The molecule has 1 amide bonds. The molecule has 0 spiro atoms. The average Bonchev–Trinajstić information content (AvgIpc) is 2.50. The summed E-state index contributed by atoms with van der Waals surface area (Å²) in [5.74, 6) is -2.20. The molecule has 2 rings (SSSR count). The number of morpholine rings is 1. The second-order valence-corrected chi connectivity index (χ2v) is 4.75. The van der Waals surface area contributed by atoms with E-state index < -0.39 is 17.7 Å². The molecule has 0 radical (unpaired) electrons. The summed E-state index contributed by atoms with van der Waals surface area (Å²) in [6.07, 6.45) is 0. The van der Waals surface area contributed by atoms with Crippen molar-refractivity contribution in [2.24, 2.45) is 5.73 Å². The van der Waals surface area contributed by atoms with E-state index in [0.29, 0.717) is 19.7 Å². The number of likely N-dealkylation sites (N-methyl/N-ethyl adjacent to an activating group) is 1. The molecule has 1 fully saturated rings. The summed E-state index contributed by atoms with van der Waals surface area (Å²) in [6, 6.07) is 2.23. The Bertz CT molecular complexity index is 525. The Morgan fingerprint density at radius 3 is 2.90 bits per heavy atom. The Morgan fingerprint density at radius 2 is 2.24 bits per heavy atom. The van der Waals surface area contributed by atoms with Gasteiger partial charge in [-0.2, -0.15) is 0 Å². The number of nitrogens with zero attached hydrogens (tertiary/aromatic N) is 1. The highest BCUT2D eigenvalue weighted by Crippen LogP contribution is 2.27. The van der Waals surface area contributed by atoms with Gasteiger partial charge >= 0.3 is 0 Å². The third-order valence-corrected chi connectivity index (χ3v) is 3.45. The first-order valence-corrected chi connectivity index (χ1v) is 6.89. The highest BCUT2D eigenvalue weighted by Gasteiger charge is 2.31. The van der Waals surface area contributed by atoms with Gasteiger partial charge in [-0.1, -0.05) is 6.07 Å². The maximum Gasteiger partial charge on any atom is 0.245 e. The van der Waals surface area contributed by atoms with E-state index in [9.17, 15) is 13.6 Å². The van der Waals surface area contributed by atoms with Crippen LogP contribution in [0.5, 0.6) is 0 Å². The van der Waals surface area contributed by atoms with Crippen molar-refractivity contribution >= 4 is 11.6 Å². The molecule has 1 aromatic rings. The Morgan fingerprint density at radius 1 is 1.48 bits per heavy atom. The maximum atomic E-state index is 14.2. The quantitative estimate of drug-likeness (QED) is 0.861. The van der Waals surface area contributed by atoms with Gasteiger partial charge in [-0.05, 0) is 13.0 Å². The van der Waals surface area contributed by atoms with Crippen molar-refractivity contribution in [3.05, 3.63) is 29.3 Å². The lowest BCUT2D eigenvalue weighted by molar-refractivity contribution is -0.124. The van der Waals surface area contributed by atoms with E-state index in [0.717, 1.165) is 0 Å². The molecule has 0 aliphatic carbocycles. The molecule has 1 aliphatic heterocycles. The van der Waals surface area contributed by atoms with Crippen LogP contribution in [0.4, 0.5) is 14.5 Å². The first kappa shape index (κ1) is 15.7. The van der Waals surface area contributed by atoms with E-state index in [1.165, 1.54) is 17.0 Å². The SMILES string of the molecule is CCNC(=O)C1COCCN1c1ccc(CN)c(F)c1F. The molecule has 1 saturated heterocycles. The molecule has 1 unspecified atom stereocenters. The summed E-state index contributed by atoms with van der Waals surface area (Å²) in [7, 11) is 0. The lowest BCUT2D eigenvalue weighted by atomic mass is 10.1. The maximum absolute atomic E-state index is 14.2. The van der Waals surface area contributed by atoms with Gasteiger partial charge in [0.15, 0.2) is 11.6 Å². The second-order valence-electron chi connectivity index (χ2n) is 4.75. The number of hydrogen-bond donors (Lipinski definition) is 2. The number of hydrogen-bond acceptors (Lipinski definition) is 4. The largest absolute Gasteiger partial charge is 0.377 e. The van der Waals surface area contributed by atoms with Crippen LogP contribution in [0.2, 0.25) is 0 Å². The highest BCUT2D eigenvalue weighted by atomic mass is 19.2. The van der Waals surface area contributed by atoms with Crippen molar-refractivity contribution in [1.82, 2.24) is 5.32 Å². The molecule has 0 saturated carbocycles. The standard InChI is InChI=1S/C14H19F2N3O2/c1-2-18-14(20)11-8-21-6-5-19(11)10-4-3-9(7-17)12(15)13(10)16/h3-4,11H,2,5-8,17H2,1H3,(H,18,20). The van der Waals surface area contributed by atoms with Gasteiger partial charge in [0.1, 0.15) is 6.04 Å². The van der Waals surface area contributed by atoms with E-state index in [2.05, 4.69) is 5.32 Å². The molecular weight excluding hydrogens is 280 g/mol. The molecule has 7 heteroatoms. The lowest BCUT2D eigenvalue weighted by Crippen LogP contribution is -2.54. The van der Waals surface area contributed by atoms with Gasteiger partial charge in [0, 0.05) is 25.2 Å². The van der Waals surface area contributed by atoms with E-state index in [1.807, 2.05) is 0 Å². The van der Waals surface area contributed by atoms with E-state index in [-0.39, 0.29) is 30.3 Å². The van der Waals surface area contributed by atoms with Crippen molar-refractivity contribution in [3.63, 3.8) is 0 Å². The van der Waals surface area contributed by atoms with Gasteiger partial charge in [0.25, 0.3) is 0 Å². The minimum absolute atomic E-state index is 0.0595. The molecule has 21 heavy (non-hydrogen) atoms. The van der Waals surface area contributed by atoms with Gasteiger partial charge in [-0.25, -0.2) is 8.78 Å². The normalized spacial score (nSPS) is 18.7. The van der Waals surface area contributed by atoms with E-state index in [4.69, 9.17) is 10.5 Å². The zero-order valence-electron chi connectivity index (χ0n) is 11.9. The van der Waals surface area contributed by atoms with Gasteiger partial charge < -0.3 is 20.7 Å². The zero-order valence-corrected chi connectivity index (χ0v) is 11.9. The third kappa shape index (κ3) is 3.14. The molecule has 5 nitrogen and oxygen atoms in total. The minimum atomic E-state index is -0.978. The molecule has 0 bridgehead atoms. The molecule has 1 heterocycles. The van der Waals surface area contributed by atoms with Gasteiger partial charge in [-0.15, -0.1) is 0 Å². The Hall–Kier alpha value is -1.73. The summed E-state index contributed by atoms with van der Waals surface area (Å²) >= 11 is 0. The first-order valence-electron chi connectivity index (χ1n) is 6.89. The molecule has 1 aromatic carbocycles. The first-order chi connectivity index (χ1) is 10.1. The van der Waals surface area contributed by atoms with Crippen molar-refractivity contribution < 1.29 is 18.3 Å². The van der Waals surface area contributed by atoms with Crippen molar-refractivity contribution in [2.75, 3.05) is 31.2 Å². The second kappa shape index (κ2) is 6.82. The summed E-state index contributed by atoms with van der Waals surface area (Å²) in [5.41, 5.74) is 5.53. The number of nitrogens with two attached hydrogens (primary N) is 1. The van der Waals surface area contributed by atoms with Crippen LogP contribution in [0.3, 0.4) is 0 Å². The molecule has 1 aliphatic rings. The smallest absolute Gasteiger partial charge is 0.245 e. The molecule has 0 aromatic heterocycles. The number of anilines is 1. The van der Waals surface area contributed by atoms with Crippen molar-refractivity contribution in [1.29, 1.82) is 0 Å². The fraction of sp³-hybridized carbons (Fsp3) is 0.500. The number of rotatable bonds is 4. The Kier molecular flexibility index (Phi) is 5.08. The summed E-state index contributed by atoms with van der Waals surface area (Å²) in [6.45, 7) is 3.00. The third-order valence-electron chi connectivity index (χ3n) is 3.45. The Balaban J connectivity index is 2.33. The number of carbonyl (C=O) groups excluding carboxylic acids is 1. The predicted molar refractivity (Wildman–Crippen MR) is 74.9 cm³/mol. The predicted octanol–water partition coefficient (Wildman–Crippen LogP) is 0.765. The van der Waals surface area contributed by atoms with E-state index in [1.54, 1.807) is 6.92 Å².